The summed E-state index contributed by atoms with van der Waals surface area (Å²) in [6, 6.07) is 181. The minimum absolute atomic E-state index is 1.20. The van der Waals surface area contributed by atoms with Gasteiger partial charge in [0.2, 0.25) is 0 Å². The van der Waals surface area contributed by atoms with Crippen molar-refractivity contribution in [1.82, 2.24) is 0 Å². The van der Waals surface area contributed by atoms with Gasteiger partial charge in [-0.1, -0.05) is 358 Å². The zero-order chi connectivity index (χ0) is 101. The molecule has 0 N–H and O–H groups in total. The zero-order valence-electron chi connectivity index (χ0n) is 84.6. The molecular formula is C141H117BO3. The molecule has 145 heavy (non-hydrogen) atoms. The number of rotatable bonds is 21. The molecule has 0 saturated carbocycles. The molecule has 0 unspecified atom stereocenters. The predicted molar refractivity (Wildman–Crippen MR) is 607 cm³/mol. The zero-order valence-corrected chi connectivity index (χ0v) is 84.6. The molecule has 21 aromatic carbocycles. The smallest absolute Gasteiger partial charge is 0.0638 e. The Hall–Kier alpha value is -16.8. The second-order valence-corrected chi connectivity index (χ2v) is 38.3. The molecule has 21 rings (SSSR count). The van der Waals surface area contributed by atoms with Crippen LogP contribution >= 0.6 is 0 Å². The summed E-state index contributed by atoms with van der Waals surface area (Å²) in [5.41, 5.74) is 55.3. The standard InChI is InChI=1S/3C47H39.BO3/c3*1-32-15-11-23-38(27-32)42-31-43(44(36-19-7-5-8-20-36)37-21-9-6-10-22-37)46(40-25-13-17-34(3)29-40)47(41-26-14-18-35(4)30-41)45(42)39-24-12-16-33(2)28-39;2-1(3)4/h3*5-31H,1-4H3;/q3*+1;-3. The van der Waals surface area contributed by atoms with Crippen LogP contribution in [-0.2, 0) is 0 Å². The SMILES string of the molecule is Cc1cccc(-c2cc([C+](c3ccccc3)c3ccccc3)c(-c3cccc(C)c3)c(-c3cccc(C)c3)c2-c2cccc(C)c2)c1.Cc1cccc(-c2cc([C+](c3ccccc3)c3ccccc3)c(-c3cccc(C)c3)c(-c3cccc(C)c3)c2-c2cccc(C)c2)c1.Cc1cccc(-c2cc([C+](c3ccccc3)c3ccccc3)c(-c3cccc(C)c3)c(-c3cccc(C)c3)c2-c2cccc(C)c2)c1.[O-]B([O-])[O-]. The van der Waals surface area contributed by atoms with E-state index < -0.39 is 7.32 Å². The molecule has 702 valence electrons. The third-order valence-electron chi connectivity index (χ3n) is 26.9. The number of benzene rings is 21. The van der Waals surface area contributed by atoms with Crippen molar-refractivity contribution in [2.24, 2.45) is 0 Å². The van der Waals surface area contributed by atoms with Crippen molar-refractivity contribution < 1.29 is 15.1 Å². The van der Waals surface area contributed by atoms with E-state index in [9.17, 15) is 0 Å². The van der Waals surface area contributed by atoms with Crippen LogP contribution in [0.1, 0.15) is 117 Å². The lowest BCUT2D eigenvalue weighted by Gasteiger charge is -2.35. The fourth-order valence-electron chi connectivity index (χ4n) is 20.7. The number of aryl methyl sites for hydroxylation is 12. The van der Waals surface area contributed by atoms with Crippen LogP contribution in [0.2, 0.25) is 0 Å². The van der Waals surface area contributed by atoms with Crippen molar-refractivity contribution in [1.29, 1.82) is 0 Å². The van der Waals surface area contributed by atoms with E-state index >= 15 is 0 Å². The van der Waals surface area contributed by atoms with Gasteiger partial charge in [-0.05, 0) is 333 Å². The summed E-state index contributed by atoms with van der Waals surface area (Å²) >= 11 is 0. The topological polar surface area (TPSA) is 69.2 Å². The third kappa shape index (κ3) is 22.9. The molecule has 0 aliphatic heterocycles. The summed E-state index contributed by atoms with van der Waals surface area (Å²) in [5, 5.41) is 25.2. The lowest BCUT2D eigenvalue weighted by molar-refractivity contribution is -0.479. The van der Waals surface area contributed by atoms with E-state index in [2.05, 4.69) is 574 Å². The van der Waals surface area contributed by atoms with Crippen LogP contribution in [0.3, 0.4) is 0 Å². The van der Waals surface area contributed by atoms with Crippen molar-refractivity contribution in [3.63, 3.8) is 0 Å². The molecule has 0 saturated heterocycles. The summed E-state index contributed by atoms with van der Waals surface area (Å²) in [4.78, 5) is 0. The molecule has 0 aromatic heterocycles. The second-order valence-electron chi connectivity index (χ2n) is 38.3. The van der Waals surface area contributed by atoms with Crippen LogP contribution in [0.5, 0.6) is 0 Å². The van der Waals surface area contributed by atoms with Gasteiger partial charge in [0.1, 0.15) is 0 Å². The Morgan fingerprint density at radius 2 is 0.255 bits per heavy atom. The molecule has 0 fully saturated rings. The first-order chi connectivity index (χ1) is 70.6. The van der Waals surface area contributed by atoms with Crippen LogP contribution in [0.25, 0.3) is 134 Å². The Morgan fingerprint density at radius 1 is 0.131 bits per heavy atom. The summed E-state index contributed by atoms with van der Waals surface area (Å²) in [7, 11) is -2.92. The van der Waals surface area contributed by atoms with Crippen molar-refractivity contribution in [3.05, 3.63) is 626 Å². The van der Waals surface area contributed by atoms with E-state index in [-0.39, 0.29) is 0 Å². The molecule has 0 bridgehead atoms. The van der Waals surface area contributed by atoms with E-state index in [0.29, 0.717) is 0 Å². The Balaban J connectivity index is 0.000000140. The summed E-state index contributed by atoms with van der Waals surface area (Å²) in [6.07, 6.45) is 0. The predicted octanol–water partition coefficient (Wildman–Crippen LogP) is 33.9. The molecule has 0 radical (unpaired) electrons. The van der Waals surface area contributed by atoms with Gasteiger partial charge >= 0.3 is 0 Å². The van der Waals surface area contributed by atoms with Crippen LogP contribution in [0.4, 0.5) is 0 Å². The van der Waals surface area contributed by atoms with Gasteiger partial charge < -0.3 is 15.1 Å². The number of hydrogen-bond donors (Lipinski definition) is 0. The highest BCUT2D eigenvalue weighted by molar-refractivity contribution is 6.24. The molecule has 21 aromatic rings. The molecule has 3 nitrogen and oxygen atoms in total. The van der Waals surface area contributed by atoms with E-state index in [1.54, 1.807) is 0 Å². The molecule has 0 aliphatic carbocycles. The van der Waals surface area contributed by atoms with Gasteiger partial charge in [0.25, 0.3) is 0 Å². The van der Waals surface area contributed by atoms with Gasteiger partial charge in [0, 0.05) is 83.5 Å². The minimum atomic E-state index is -2.92. The Bertz CT molecular complexity index is 7230. The Labute approximate surface area is 858 Å². The first kappa shape index (κ1) is 98.4. The summed E-state index contributed by atoms with van der Waals surface area (Å²) in [5.74, 6) is 3.67. The maximum absolute atomic E-state index is 8.42. The average Bonchev–Trinajstić information content (AvgIpc) is 0.735. The van der Waals surface area contributed by atoms with E-state index in [4.69, 9.17) is 15.1 Å². The van der Waals surface area contributed by atoms with Gasteiger partial charge in [-0.2, -0.15) is 0 Å². The molecule has 0 atom stereocenters. The fourth-order valence-corrected chi connectivity index (χ4v) is 20.7. The second kappa shape index (κ2) is 45.4. The lowest BCUT2D eigenvalue weighted by Crippen LogP contribution is -2.56. The Morgan fingerprint density at radius 3 is 0.400 bits per heavy atom. The maximum atomic E-state index is 8.42. The highest BCUT2D eigenvalue weighted by Crippen LogP contribution is 2.57. The first-order valence-corrected chi connectivity index (χ1v) is 50.0. The molecule has 0 amide bonds. The molecule has 4 heteroatoms. The van der Waals surface area contributed by atoms with Gasteiger partial charge in [-0.25, -0.2) is 0 Å². The fraction of sp³-hybridized carbons (Fsp3) is 0.0851. The van der Waals surface area contributed by atoms with Gasteiger partial charge in [-0.15, -0.1) is 0 Å². The normalized spacial score (nSPS) is 10.9. The van der Waals surface area contributed by atoms with Gasteiger partial charge in [0.05, 0.1) is 67.8 Å². The first-order valence-electron chi connectivity index (χ1n) is 50.0. The Kier molecular flexibility index (Phi) is 30.8. The van der Waals surface area contributed by atoms with Crippen LogP contribution in [-0.4, -0.2) is 7.32 Å². The largest absolute Gasteiger partial charge is 0.907 e. The minimum Gasteiger partial charge on any atom is -0.907 e. The third-order valence-corrected chi connectivity index (χ3v) is 26.9. The van der Waals surface area contributed by atoms with E-state index in [1.165, 1.54) is 268 Å². The number of hydrogen-bond acceptors (Lipinski definition) is 3. The quantitative estimate of drug-likeness (QED) is 0.0409. The van der Waals surface area contributed by atoms with Gasteiger partial charge in [0.15, 0.2) is 0 Å². The lowest BCUT2D eigenvalue weighted by atomic mass is 9.74. The van der Waals surface area contributed by atoms with Crippen LogP contribution in [0, 0.1) is 101 Å². The van der Waals surface area contributed by atoms with Crippen LogP contribution < -0.4 is 15.1 Å². The van der Waals surface area contributed by atoms with E-state index in [1.807, 2.05) is 0 Å². The highest BCUT2D eigenvalue weighted by atomic mass is 16.5. The molecule has 0 aliphatic rings. The van der Waals surface area contributed by atoms with Crippen molar-refractivity contribution in [3.8, 4) is 134 Å². The monoisotopic (exact) mass is 1870 g/mol. The molecule has 0 heterocycles. The summed E-state index contributed by atoms with van der Waals surface area (Å²) in [6.45, 7) is 26.3. The van der Waals surface area contributed by atoms with Gasteiger partial charge in [-0.3, -0.25) is 7.32 Å². The molecule has 0 spiro atoms. The van der Waals surface area contributed by atoms with E-state index in [0.717, 1.165) is 0 Å². The highest BCUT2D eigenvalue weighted by Gasteiger charge is 2.38. The maximum Gasteiger partial charge on any atom is 0.0638 e. The van der Waals surface area contributed by atoms with Crippen molar-refractivity contribution in [2.45, 2.75) is 83.1 Å². The summed E-state index contributed by atoms with van der Waals surface area (Å²) < 4.78 is 0. The molecular weight excluding hydrogens is 1750 g/mol. The average molecular weight is 1870 g/mol. The van der Waals surface area contributed by atoms with Crippen LogP contribution in [0.15, 0.2) is 491 Å². The van der Waals surface area contributed by atoms with Crippen molar-refractivity contribution in [2.75, 3.05) is 0 Å². The van der Waals surface area contributed by atoms with Crippen molar-refractivity contribution >= 4 is 7.32 Å².